The Morgan fingerprint density at radius 3 is 2.65 bits per heavy atom. The van der Waals surface area contributed by atoms with Crippen LogP contribution in [0, 0.1) is 0 Å². The standard InChI is InChI=1S/C13H18O3S/c1-3-15-12(14)11-9-7-5-4-6-8-10(9)13(16-11)17-2/h3-8H2,1-2H3. The van der Waals surface area contributed by atoms with E-state index in [1.807, 2.05) is 13.2 Å². The topological polar surface area (TPSA) is 39.4 Å². The Bertz CT molecular complexity index is 409. The van der Waals surface area contributed by atoms with E-state index in [1.54, 1.807) is 11.8 Å². The minimum absolute atomic E-state index is 0.314. The molecule has 1 aromatic heterocycles. The molecule has 1 aliphatic carbocycles. The normalized spacial score (nSPS) is 15.2. The highest BCUT2D eigenvalue weighted by atomic mass is 32.2. The van der Waals surface area contributed by atoms with Crippen LogP contribution in [-0.4, -0.2) is 18.8 Å². The Morgan fingerprint density at radius 2 is 2.00 bits per heavy atom. The van der Waals surface area contributed by atoms with Gasteiger partial charge in [0.05, 0.1) is 6.61 Å². The van der Waals surface area contributed by atoms with Crippen LogP contribution >= 0.6 is 11.8 Å². The molecule has 0 saturated carbocycles. The van der Waals surface area contributed by atoms with E-state index in [9.17, 15) is 4.79 Å². The van der Waals surface area contributed by atoms with Crippen LogP contribution in [0.2, 0.25) is 0 Å². The van der Waals surface area contributed by atoms with Crippen LogP contribution in [-0.2, 0) is 17.6 Å². The van der Waals surface area contributed by atoms with Crippen molar-refractivity contribution >= 4 is 17.7 Å². The molecule has 1 aliphatic rings. The zero-order valence-corrected chi connectivity index (χ0v) is 11.2. The van der Waals surface area contributed by atoms with Gasteiger partial charge in [-0.15, -0.1) is 0 Å². The van der Waals surface area contributed by atoms with Crippen molar-refractivity contribution in [2.45, 2.75) is 44.1 Å². The third kappa shape index (κ3) is 2.51. The van der Waals surface area contributed by atoms with E-state index < -0.39 is 0 Å². The van der Waals surface area contributed by atoms with Gasteiger partial charge in [0, 0.05) is 11.1 Å². The highest BCUT2D eigenvalue weighted by molar-refractivity contribution is 7.98. The Balaban J connectivity index is 2.38. The van der Waals surface area contributed by atoms with Gasteiger partial charge in [-0.25, -0.2) is 4.79 Å². The van der Waals surface area contributed by atoms with Crippen molar-refractivity contribution < 1.29 is 13.9 Å². The fraction of sp³-hybridized carbons (Fsp3) is 0.615. The lowest BCUT2D eigenvalue weighted by Gasteiger charge is -2.01. The first kappa shape index (κ1) is 12.6. The smallest absolute Gasteiger partial charge is 0.374 e. The highest BCUT2D eigenvalue weighted by Crippen LogP contribution is 2.34. The molecule has 0 N–H and O–H groups in total. The molecule has 94 valence electrons. The lowest BCUT2D eigenvalue weighted by molar-refractivity contribution is 0.0482. The van der Waals surface area contributed by atoms with E-state index in [4.69, 9.17) is 9.15 Å². The van der Waals surface area contributed by atoms with Crippen LogP contribution in [0.25, 0.3) is 0 Å². The number of ether oxygens (including phenoxy) is 1. The molecule has 3 nitrogen and oxygen atoms in total. The Hall–Kier alpha value is -0.900. The molecule has 0 aromatic carbocycles. The lowest BCUT2D eigenvalue weighted by Crippen LogP contribution is -2.06. The first-order valence-electron chi connectivity index (χ1n) is 6.13. The van der Waals surface area contributed by atoms with Crippen molar-refractivity contribution in [3.63, 3.8) is 0 Å². The fourth-order valence-electron chi connectivity index (χ4n) is 2.30. The number of rotatable bonds is 3. The summed E-state index contributed by atoms with van der Waals surface area (Å²) in [5.74, 6) is 0.124. The molecule has 1 aromatic rings. The maximum atomic E-state index is 11.8. The molecule has 0 saturated heterocycles. The van der Waals surface area contributed by atoms with Crippen molar-refractivity contribution in [3.8, 4) is 0 Å². The molecule has 1 heterocycles. The van der Waals surface area contributed by atoms with Gasteiger partial charge in [0.1, 0.15) is 0 Å². The maximum Gasteiger partial charge on any atom is 0.374 e. The number of hydrogen-bond donors (Lipinski definition) is 0. The van der Waals surface area contributed by atoms with Gasteiger partial charge in [-0.05, 0) is 38.9 Å². The van der Waals surface area contributed by atoms with Gasteiger partial charge in [0.2, 0.25) is 5.76 Å². The first-order chi connectivity index (χ1) is 8.27. The second kappa shape index (κ2) is 5.63. The average molecular weight is 254 g/mol. The molecule has 0 bridgehead atoms. The number of furan rings is 1. The van der Waals surface area contributed by atoms with Crippen LogP contribution in [0.3, 0.4) is 0 Å². The van der Waals surface area contributed by atoms with Gasteiger partial charge in [0.15, 0.2) is 5.09 Å². The zero-order valence-electron chi connectivity index (χ0n) is 10.4. The number of fused-ring (bicyclic) bond motifs is 1. The van der Waals surface area contributed by atoms with Crippen LogP contribution in [0.4, 0.5) is 0 Å². The van der Waals surface area contributed by atoms with Crippen molar-refractivity contribution in [1.82, 2.24) is 0 Å². The van der Waals surface area contributed by atoms with Crippen molar-refractivity contribution in [1.29, 1.82) is 0 Å². The molecule has 0 spiro atoms. The van der Waals surface area contributed by atoms with Gasteiger partial charge < -0.3 is 9.15 Å². The largest absolute Gasteiger partial charge is 0.460 e. The summed E-state index contributed by atoms with van der Waals surface area (Å²) in [6.07, 6.45) is 7.49. The van der Waals surface area contributed by atoms with Gasteiger partial charge in [-0.3, -0.25) is 0 Å². The minimum atomic E-state index is -0.314. The van der Waals surface area contributed by atoms with Gasteiger partial charge in [-0.2, -0.15) is 0 Å². The van der Waals surface area contributed by atoms with E-state index in [2.05, 4.69) is 0 Å². The average Bonchev–Trinajstić information content (AvgIpc) is 2.51. The van der Waals surface area contributed by atoms with E-state index in [0.29, 0.717) is 12.4 Å². The molecule has 0 aliphatic heterocycles. The summed E-state index contributed by atoms with van der Waals surface area (Å²) in [6.45, 7) is 2.21. The predicted molar refractivity (Wildman–Crippen MR) is 67.7 cm³/mol. The van der Waals surface area contributed by atoms with Gasteiger partial charge in [0.25, 0.3) is 0 Å². The summed E-state index contributed by atoms with van der Waals surface area (Å²) in [5.41, 5.74) is 2.32. The first-order valence-corrected chi connectivity index (χ1v) is 7.36. The number of thioether (sulfide) groups is 1. The van der Waals surface area contributed by atoms with Crippen LogP contribution < -0.4 is 0 Å². The molecule has 0 amide bonds. The molecule has 0 radical (unpaired) electrons. The van der Waals surface area contributed by atoms with E-state index in [1.165, 1.54) is 18.4 Å². The predicted octanol–water partition coefficient (Wildman–Crippen LogP) is 3.45. The second-order valence-electron chi connectivity index (χ2n) is 4.16. The summed E-state index contributed by atoms with van der Waals surface area (Å²) in [6, 6.07) is 0. The Kier molecular flexibility index (Phi) is 4.15. The molecule has 2 rings (SSSR count). The molecule has 0 unspecified atom stereocenters. The third-order valence-corrected chi connectivity index (χ3v) is 3.78. The van der Waals surface area contributed by atoms with E-state index in [0.717, 1.165) is 29.9 Å². The highest BCUT2D eigenvalue weighted by Gasteiger charge is 2.26. The van der Waals surface area contributed by atoms with Crippen molar-refractivity contribution in [3.05, 3.63) is 16.9 Å². The fourth-order valence-corrected chi connectivity index (χ4v) is 2.94. The van der Waals surface area contributed by atoms with Crippen LogP contribution in [0.5, 0.6) is 0 Å². The van der Waals surface area contributed by atoms with E-state index >= 15 is 0 Å². The Morgan fingerprint density at radius 1 is 1.29 bits per heavy atom. The van der Waals surface area contributed by atoms with Crippen molar-refractivity contribution in [2.24, 2.45) is 0 Å². The molecule has 4 heteroatoms. The number of carbonyl (C=O) groups excluding carboxylic acids is 1. The summed E-state index contributed by atoms with van der Waals surface area (Å²) in [4.78, 5) is 11.8. The van der Waals surface area contributed by atoms with E-state index in [-0.39, 0.29) is 5.97 Å². The zero-order chi connectivity index (χ0) is 12.3. The summed E-state index contributed by atoms with van der Waals surface area (Å²) in [5, 5.41) is 0.893. The molecule has 0 atom stereocenters. The summed E-state index contributed by atoms with van der Waals surface area (Å²) in [7, 11) is 0. The quantitative estimate of drug-likeness (QED) is 0.470. The Labute approximate surface area is 106 Å². The molecular weight excluding hydrogens is 236 g/mol. The molecule has 17 heavy (non-hydrogen) atoms. The number of hydrogen-bond acceptors (Lipinski definition) is 4. The minimum Gasteiger partial charge on any atom is -0.460 e. The summed E-state index contributed by atoms with van der Waals surface area (Å²) < 4.78 is 10.7. The SMILES string of the molecule is CCOC(=O)c1oc(SC)c2c1CCCCC2. The van der Waals surface area contributed by atoms with Gasteiger partial charge in [-0.1, -0.05) is 18.2 Å². The monoisotopic (exact) mass is 254 g/mol. The summed E-state index contributed by atoms with van der Waals surface area (Å²) >= 11 is 1.57. The van der Waals surface area contributed by atoms with Crippen LogP contribution in [0.1, 0.15) is 47.9 Å². The second-order valence-corrected chi connectivity index (χ2v) is 4.94. The number of carbonyl (C=O) groups is 1. The lowest BCUT2D eigenvalue weighted by atomic mass is 10.1. The number of esters is 1. The van der Waals surface area contributed by atoms with Crippen molar-refractivity contribution in [2.75, 3.05) is 12.9 Å². The van der Waals surface area contributed by atoms with Crippen LogP contribution in [0.15, 0.2) is 9.51 Å². The molecule has 0 fully saturated rings. The molecular formula is C13H18O3S. The van der Waals surface area contributed by atoms with Gasteiger partial charge >= 0.3 is 5.97 Å². The third-order valence-electron chi connectivity index (χ3n) is 3.08. The maximum absolute atomic E-state index is 11.8.